The van der Waals surface area contributed by atoms with E-state index in [0.717, 1.165) is 5.56 Å². The van der Waals surface area contributed by atoms with Crippen LogP contribution in [-0.2, 0) is 12.4 Å². The summed E-state index contributed by atoms with van der Waals surface area (Å²) in [7, 11) is 3.37. The molecule has 2 amide bonds. The number of nitrogens with one attached hydrogen (secondary N) is 2. The molecule has 37 heavy (non-hydrogen) atoms. The van der Waals surface area contributed by atoms with Crippen LogP contribution in [0, 0.1) is 0 Å². The smallest absolute Gasteiger partial charge is 0.377 e. The summed E-state index contributed by atoms with van der Waals surface area (Å²) in [6.45, 7) is 1.78. The predicted molar refractivity (Wildman–Crippen MR) is 127 cm³/mol. The molecule has 0 heterocycles. The van der Waals surface area contributed by atoms with Crippen molar-refractivity contribution in [2.24, 2.45) is 0 Å². The lowest BCUT2D eigenvalue weighted by atomic mass is 10.0. The van der Waals surface area contributed by atoms with Crippen molar-refractivity contribution in [3.63, 3.8) is 0 Å². The monoisotopic (exact) mass is 523 g/mol. The van der Waals surface area contributed by atoms with Gasteiger partial charge >= 0.3 is 12.4 Å². The van der Waals surface area contributed by atoms with Gasteiger partial charge in [-0.15, -0.1) is 0 Å². The second-order valence-corrected chi connectivity index (χ2v) is 8.48. The number of carbonyl (C=O) groups excluding carboxylic acids is 2. The molecule has 0 saturated heterocycles. The van der Waals surface area contributed by atoms with Gasteiger partial charge < -0.3 is 15.5 Å². The third kappa shape index (κ3) is 6.81. The maximum atomic E-state index is 13.2. The largest absolute Gasteiger partial charge is 0.416 e. The number of rotatable bonds is 6. The van der Waals surface area contributed by atoms with Gasteiger partial charge in [-0.2, -0.15) is 26.3 Å². The highest BCUT2D eigenvalue weighted by atomic mass is 19.4. The van der Waals surface area contributed by atoms with Crippen molar-refractivity contribution in [2.45, 2.75) is 25.3 Å². The van der Waals surface area contributed by atoms with Gasteiger partial charge in [-0.1, -0.05) is 30.3 Å². The zero-order valence-corrected chi connectivity index (χ0v) is 20.0. The minimum Gasteiger partial charge on any atom is -0.377 e. The average molecular weight is 523 g/mol. The number of benzene rings is 3. The SMILES string of the molecule is CC(NC(=O)c1cc(NC(=O)c2cc(C(F)(F)F)cc(C(F)(F)F)c2)ccc1N(C)C)c1ccccc1. The lowest BCUT2D eigenvalue weighted by Crippen LogP contribution is -2.28. The highest BCUT2D eigenvalue weighted by molar-refractivity contribution is 6.06. The first-order valence-corrected chi connectivity index (χ1v) is 10.9. The Morgan fingerprint density at radius 1 is 0.784 bits per heavy atom. The van der Waals surface area contributed by atoms with E-state index < -0.39 is 40.9 Å². The minimum atomic E-state index is -5.09. The van der Waals surface area contributed by atoms with E-state index in [-0.39, 0.29) is 23.4 Å². The molecule has 2 N–H and O–H groups in total. The van der Waals surface area contributed by atoms with Gasteiger partial charge in [-0.05, 0) is 48.9 Å². The molecule has 0 aliphatic rings. The molecular formula is C26H23F6N3O2. The average Bonchev–Trinajstić information content (AvgIpc) is 2.83. The Balaban J connectivity index is 1.92. The number of alkyl halides is 6. The van der Waals surface area contributed by atoms with E-state index in [2.05, 4.69) is 10.6 Å². The van der Waals surface area contributed by atoms with Gasteiger partial charge in [-0.3, -0.25) is 9.59 Å². The molecule has 5 nitrogen and oxygen atoms in total. The van der Waals surface area contributed by atoms with Gasteiger partial charge in [0.2, 0.25) is 0 Å². The maximum absolute atomic E-state index is 13.2. The number of amides is 2. The first kappa shape index (κ1) is 27.6. The summed E-state index contributed by atoms with van der Waals surface area (Å²) in [5, 5.41) is 5.13. The molecule has 3 aromatic carbocycles. The van der Waals surface area contributed by atoms with E-state index in [0.29, 0.717) is 17.8 Å². The van der Waals surface area contributed by atoms with Crippen LogP contribution in [0.3, 0.4) is 0 Å². The molecular weight excluding hydrogens is 500 g/mol. The number of halogens is 6. The third-order valence-corrected chi connectivity index (χ3v) is 5.48. The molecule has 0 saturated carbocycles. The summed E-state index contributed by atoms with van der Waals surface area (Å²) in [6.07, 6.45) is -10.2. The molecule has 0 aromatic heterocycles. The van der Waals surface area contributed by atoms with Crippen LogP contribution in [0.2, 0.25) is 0 Å². The van der Waals surface area contributed by atoms with Gasteiger partial charge in [0.05, 0.1) is 22.7 Å². The summed E-state index contributed by atoms with van der Waals surface area (Å²) in [6, 6.07) is 13.6. The lowest BCUT2D eigenvalue weighted by molar-refractivity contribution is -0.143. The van der Waals surface area contributed by atoms with Crippen LogP contribution in [0.4, 0.5) is 37.7 Å². The summed E-state index contributed by atoms with van der Waals surface area (Å²) in [4.78, 5) is 27.4. The molecule has 11 heteroatoms. The predicted octanol–water partition coefficient (Wildman–Crippen LogP) is 6.53. The van der Waals surface area contributed by atoms with Crippen LogP contribution in [0.15, 0.2) is 66.7 Å². The number of anilines is 2. The second-order valence-electron chi connectivity index (χ2n) is 8.48. The van der Waals surface area contributed by atoms with Crippen molar-refractivity contribution in [2.75, 3.05) is 24.3 Å². The quantitative estimate of drug-likeness (QED) is 0.361. The molecule has 0 radical (unpaired) electrons. The Morgan fingerprint density at radius 2 is 1.35 bits per heavy atom. The van der Waals surface area contributed by atoms with Crippen LogP contribution >= 0.6 is 0 Å². The van der Waals surface area contributed by atoms with Crippen molar-refractivity contribution in [1.82, 2.24) is 5.32 Å². The van der Waals surface area contributed by atoms with E-state index in [1.54, 1.807) is 25.9 Å². The molecule has 196 valence electrons. The van der Waals surface area contributed by atoms with E-state index in [4.69, 9.17) is 0 Å². The third-order valence-electron chi connectivity index (χ3n) is 5.48. The molecule has 0 spiro atoms. The highest BCUT2D eigenvalue weighted by Gasteiger charge is 2.37. The zero-order valence-electron chi connectivity index (χ0n) is 20.0. The van der Waals surface area contributed by atoms with Gasteiger partial charge in [0, 0.05) is 31.0 Å². The van der Waals surface area contributed by atoms with Crippen LogP contribution in [0.25, 0.3) is 0 Å². The molecule has 0 aliphatic carbocycles. The minimum absolute atomic E-state index is 0.0130. The van der Waals surface area contributed by atoms with Gasteiger partial charge in [0.25, 0.3) is 11.8 Å². The number of hydrogen-bond acceptors (Lipinski definition) is 3. The first-order chi connectivity index (χ1) is 17.2. The molecule has 0 fully saturated rings. The second kappa shape index (κ2) is 10.5. The zero-order chi connectivity index (χ0) is 27.5. The first-order valence-electron chi connectivity index (χ1n) is 10.9. The van der Waals surface area contributed by atoms with Crippen molar-refractivity contribution >= 4 is 23.2 Å². The highest BCUT2D eigenvalue weighted by Crippen LogP contribution is 2.36. The van der Waals surface area contributed by atoms with Crippen molar-refractivity contribution in [1.29, 1.82) is 0 Å². The van der Waals surface area contributed by atoms with Crippen LogP contribution < -0.4 is 15.5 Å². The standard InChI is InChI=1S/C26H23F6N3O2/c1-15(16-7-5-4-6-8-16)33-24(37)21-14-20(9-10-22(21)35(2)3)34-23(36)17-11-18(25(27,28)29)13-19(12-17)26(30,31)32/h4-15H,1-3H3,(H,33,37)(H,34,36). The maximum Gasteiger partial charge on any atom is 0.416 e. The Morgan fingerprint density at radius 3 is 1.86 bits per heavy atom. The van der Waals surface area contributed by atoms with Crippen LogP contribution in [-0.4, -0.2) is 25.9 Å². The van der Waals surface area contributed by atoms with Crippen molar-refractivity contribution < 1.29 is 35.9 Å². The van der Waals surface area contributed by atoms with Crippen molar-refractivity contribution in [3.05, 3.63) is 94.5 Å². The molecule has 3 aromatic rings. The Kier molecular flexibility index (Phi) is 7.85. The van der Waals surface area contributed by atoms with E-state index in [1.807, 2.05) is 30.3 Å². The Hall–Kier alpha value is -4.02. The normalized spacial score (nSPS) is 12.6. The van der Waals surface area contributed by atoms with Gasteiger partial charge in [0.15, 0.2) is 0 Å². The molecule has 0 aliphatic heterocycles. The fraction of sp³-hybridized carbons (Fsp3) is 0.231. The number of carbonyl (C=O) groups is 2. The number of nitrogens with zero attached hydrogens (tertiary/aromatic N) is 1. The lowest BCUT2D eigenvalue weighted by Gasteiger charge is -2.21. The van der Waals surface area contributed by atoms with Crippen LogP contribution in [0.5, 0.6) is 0 Å². The fourth-order valence-electron chi connectivity index (χ4n) is 3.57. The summed E-state index contributed by atoms with van der Waals surface area (Å²) in [5.41, 5.74) is -2.56. The molecule has 0 bridgehead atoms. The summed E-state index contributed by atoms with van der Waals surface area (Å²) in [5.74, 6) is -1.69. The van der Waals surface area contributed by atoms with E-state index in [1.165, 1.54) is 18.2 Å². The van der Waals surface area contributed by atoms with Crippen molar-refractivity contribution in [3.8, 4) is 0 Å². The number of hydrogen-bond donors (Lipinski definition) is 2. The van der Waals surface area contributed by atoms with E-state index in [9.17, 15) is 35.9 Å². The Labute approximate surface area is 209 Å². The van der Waals surface area contributed by atoms with Gasteiger partial charge in [-0.25, -0.2) is 0 Å². The molecule has 1 atom stereocenters. The topological polar surface area (TPSA) is 61.4 Å². The van der Waals surface area contributed by atoms with E-state index >= 15 is 0 Å². The summed E-state index contributed by atoms with van der Waals surface area (Å²) < 4.78 is 79.0. The Bertz CT molecular complexity index is 1260. The van der Waals surface area contributed by atoms with Gasteiger partial charge in [0.1, 0.15) is 0 Å². The molecule has 3 rings (SSSR count). The molecule has 1 unspecified atom stereocenters. The van der Waals surface area contributed by atoms with Crippen LogP contribution in [0.1, 0.15) is 50.4 Å². The summed E-state index contributed by atoms with van der Waals surface area (Å²) >= 11 is 0. The fourth-order valence-corrected chi connectivity index (χ4v) is 3.57.